The maximum atomic E-state index is 12.3. The number of nitrogens with zero attached hydrogens (tertiary/aromatic N) is 1. The third kappa shape index (κ3) is 2.68. The van der Waals surface area contributed by atoms with Crippen LogP contribution in [-0.2, 0) is 10.0 Å². The Morgan fingerprint density at radius 3 is 2.29 bits per heavy atom. The van der Waals surface area contributed by atoms with E-state index in [1.54, 1.807) is 28.6 Å². The van der Waals surface area contributed by atoms with Gasteiger partial charge in [-0.15, -0.1) is 0 Å². The van der Waals surface area contributed by atoms with E-state index < -0.39 is 10.0 Å². The van der Waals surface area contributed by atoms with Crippen molar-refractivity contribution < 1.29 is 8.42 Å². The van der Waals surface area contributed by atoms with Gasteiger partial charge in [-0.05, 0) is 32.0 Å². The number of sulfonamides is 1. The summed E-state index contributed by atoms with van der Waals surface area (Å²) in [6.45, 7) is 1.20. The van der Waals surface area contributed by atoms with E-state index in [9.17, 15) is 8.42 Å². The summed E-state index contributed by atoms with van der Waals surface area (Å²) in [6.07, 6.45) is 1.76. The Bertz CT molecular complexity index is 451. The van der Waals surface area contributed by atoms with Gasteiger partial charge in [0.1, 0.15) is 0 Å². The first kappa shape index (κ1) is 12.5. The molecule has 1 heterocycles. The molecule has 5 heteroatoms. The quantitative estimate of drug-likeness (QED) is 0.877. The summed E-state index contributed by atoms with van der Waals surface area (Å²) in [4.78, 5) is 0.392. The smallest absolute Gasteiger partial charge is 0.243 e. The topological polar surface area (TPSA) is 49.4 Å². The van der Waals surface area contributed by atoms with Gasteiger partial charge in [-0.25, -0.2) is 8.42 Å². The summed E-state index contributed by atoms with van der Waals surface area (Å²) in [7, 11) is -1.37. The molecular formula is C12H18N2O2S. The fourth-order valence-corrected chi connectivity index (χ4v) is 3.62. The lowest BCUT2D eigenvalue weighted by atomic mass is 10.1. The molecule has 0 aliphatic carbocycles. The zero-order valence-corrected chi connectivity index (χ0v) is 10.8. The Hall–Kier alpha value is -0.910. The molecule has 1 aromatic rings. The Labute approximate surface area is 103 Å². The van der Waals surface area contributed by atoms with Gasteiger partial charge in [0.25, 0.3) is 0 Å². The second-order valence-corrected chi connectivity index (χ2v) is 6.22. The van der Waals surface area contributed by atoms with Crippen LogP contribution in [0.2, 0.25) is 0 Å². The number of hydrogen-bond acceptors (Lipinski definition) is 3. The van der Waals surface area contributed by atoms with Crippen LogP contribution in [0, 0.1) is 0 Å². The first-order valence-electron chi connectivity index (χ1n) is 5.87. The predicted molar refractivity (Wildman–Crippen MR) is 67.3 cm³/mol. The SMILES string of the molecule is CNC1CCN(S(=O)(=O)c2ccccc2)CC1. The van der Waals surface area contributed by atoms with Crippen molar-refractivity contribution in [2.24, 2.45) is 0 Å². The van der Waals surface area contributed by atoms with Gasteiger partial charge < -0.3 is 5.32 Å². The van der Waals surface area contributed by atoms with Crippen molar-refractivity contribution >= 4 is 10.0 Å². The molecule has 2 rings (SSSR count). The summed E-state index contributed by atoms with van der Waals surface area (Å²) in [6, 6.07) is 9.09. The molecule has 94 valence electrons. The molecule has 0 bridgehead atoms. The van der Waals surface area contributed by atoms with E-state index >= 15 is 0 Å². The largest absolute Gasteiger partial charge is 0.317 e. The lowest BCUT2D eigenvalue weighted by molar-refractivity contribution is 0.298. The lowest BCUT2D eigenvalue weighted by Crippen LogP contribution is -2.43. The van der Waals surface area contributed by atoms with Crippen LogP contribution in [0.4, 0.5) is 0 Å². The minimum atomic E-state index is -3.29. The Kier molecular flexibility index (Phi) is 3.81. The zero-order valence-electron chi connectivity index (χ0n) is 9.96. The van der Waals surface area contributed by atoms with Crippen LogP contribution in [0.3, 0.4) is 0 Å². The van der Waals surface area contributed by atoms with Crippen LogP contribution in [-0.4, -0.2) is 38.9 Å². The van der Waals surface area contributed by atoms with Gasteiger partial charge in [-0.2, -0.15) is 4.31 Å². The molecule has 0 radical (unpaired) electrons. The third-order valence-corrected chi connectivity index (χ3v) is 5.16. The molecule has 1 fully saturated rings. The van der Waals surface area contributed by atoms with E-state index in [2.05, 4.69) is 5.32 Å². The second-order valence-electron chi connectivity index (χ2n) is 4.28. The van der Waals surface area contributed by atoms with Crippen molar-refractivity contribution in [3.8, 4) is 0 Å². The average molecular weight is 254 g/mol. The van der Waals surface area contributed by atoms with E-state index in [0.29, 0.717) is 24.0 Å². The number of nitrogens with one attached hydrogen (secondary N) is 1. The molecule has 0 saturated carbocycles. The molecule has 1 aliphatic heterocycles. The molecule has 1 saturated heterocycles. The Morgan fingerprint density at radius 1 is 1.18 bits per heavy atom. The molecule has 0 aromatic heterocycles. The van der Waals surface area contributed by atoms with Crippen LogP contribution in [0.5, 0.6) is 0 Å². The molecule has 0 unspecified atom stereocenters. The number of rotatable bonds is 3. The van der Waals surface area contributed by atoms with Gasteiger partial charge in [-0.1, -0.05) is 18.2 Å². The Balaban J connectivity index is 2.13. The highest BCUT2D eigenvalue weighted by molar-refractivity contribution is 7.89. The first-order chi connectivity index (χ1) is 8.14. The fraction of sp³-hybridized carbons (Fsp3) is 0.500. The van der Waals surface area contributed by atoms with Gasteiger partial charge in [0.05, 0.1) is 4.90 Å². The Morgan fingerprint density at radius 2 is 1.76 bits per heavy atom. The van der Waals surface area contributed by atoms with Crippen molar-refractivity contribution in [2.45, 2.75) is 23.8 Å². The summed E-state index contributed by atoms with van der Waals surface area (Å²) in [5.74, 6) is 0. The molecular weight excluding hydrogens is 236 g/mol. The molecule has 0 amide bonds. The summed E-state index contributed by atoms with van der Waals surface area (Å²) in [5, 5.41) is 3.19. The first-order valence-corrected chi connectivity index (χ1v) is 7.31. The van der Waals surface area contributed by atoms with Crippen LogP contribution >= 0.6 is 0 Å². The third-order valence-electron chi connectivity index (χ3n) is 3.24. The highest BCUT2D eigenvalue weighted by Crippen LogP contribution is 2.20. The monoisotopic (exact) mass is 254 g/mol. The molecule has 1 N–H and O–H groups in total. The number of benzene rings is 1. The summed E-state index contributed by atoms with van der Waals surface area (Å²) >= 11 is 0. The second kappa shape index (κ2) is 5.16. The molecule has 0 spiro atoms. The molecule has 1 aromatic carbocycles. The number of hydrogen-bond donors (Lipinski definition) is 1. The minimum Gasteiger partial charge on any atom is -0.317 e. The van der Waals surface area contributed by atoms with E-state index in [0.717, 1.165) is 12.8 Å². The van der Waals surface area contributed by atoms with Crippen molar-refractivity contribution in [3.05, 3.63) is 30.3 Å². The van der Waals surface area contributed by atoms with Gasteiger partial charge in [0.2, 0.25) is 10.0 Å². The normalized spacial score (nSPS) is 19.4. The minimum absolute atomic E-state index is 0.392. The summed E-state index contributed by atoms with van der Waals surface area (Å²) in [5.41, 5.74) is 0. The lowest BCUT2D eigenvalue weighted by Gasteiger charge is -2.30. The summed E-state index contributed by atoms with van der Waals surface area (Å²) < 4.78 is 26.2. The molecule has 1 aliphatic rings. The van der Waals surface area contributed by atoms with E-state index in [1.807, 2.05) is 13.1 Å². The van der Waals surface area contributed by atoms with E-state index in [-0.39, 0.29) is 0 Å². The van der Waals surface area contributed by atoms with E-state index in [1.165, 1.54) is 0 Å². The van der Waals surface area contributed by atoms with Crippen LogP contribution in [0.25, 0.3) is 0 Å². The standard InChI is InChI=1S/C12H18N2O2S/c1-13-11-7-9-14(10-8-11)17(15,16)12-5-3-2-4-6-12/h2-6,11,13H,7-10H2,1H3. The van der Waals surface area contributed by atoms with Crippen molar-refractivity contribution in [2.75, 3.05) is 20.1 Å². The van der Waals surface area contributed by atoms with Gasteiger partial charge in [0, 0.05) is 19.1 Å². The molecule has 4 nitrogen and oxygen atoms in total. The average Bonchev–Trinajstić information content (AvgIpc) is 2.40. The number of piperidine rings is 1. The highest BCUT2D eigenvalue weighted by Gasteiger charge is 2.28. The molecule has 0 atom stereocenters. The van der Waals surface area contributed by atoms with Crippen LogP contribution in [0.15, 0.2) is 35.2 Å². The van der Waals surface area contributed by atoms with Gasteiger partial charge >= 0.3 is 0 Å². The maximum Gasteiger partial charge on any atom is 0.243 e. The van der Waals surface area contributed by atoms with Gasteiger partial charge in [-0.3, -0.25) is 0 Å². The maximum absolute atomic E-state index is 12.3. The van der Waals surface area contributed by atoms with Crippen LogP contribution in [0.1, 0.15) is 12.8 Å². The molecule has 17 heavy (non-hydrogen) atoms. The van der Waals surface area contributed by atoms with Gasteiger partial charge in [0.15, 0.2) is 0 Å². The van der Waals surface area contributed by atoms with Crippen LogP contribution < -0.4 is 5.32 Å². The zero-order chi connectivity index (χ0) is 12.3. The fourth-order valence-electron chi connectivity index (χ4n) is 2.13. The van der Waals surface area contributed by atoms with E-state index in [4.69, 9.17) is 0 Å². The van der Waals surface area contributed by atoms with Crippen molar-refractivity contribution in [3.63, 3.8) is 0 Å². The van der Waals surface area contributed by atoms with Crippen molar-refractivity contribution in [1.82, 2.24) is 9.62 Å². The van der Waals surface area contributed by atoms with Crippen molar-refractivity contribution in [1.29, 1.82) is 0 Å². The predicted octanol–water partition coefficient (Wildman–Crippen LogP) is 1.06. The highest BCUT2D eigenvalue weighted by atomic mass is 32.2.